The largest absolute Gasteiger partial charge is 0.248 e. The van der Waals surface area contributed by atoms with Crippen LogP contribution in [-0.4, -0.2) is 13.8 Å². The van der Waals surface area contributed by atoms with Crippen molar-refractivity contribution in [2.45, 2.75) is 9.10 Å². The zero-order valence-corrected chi connectivity index (χ0v) is 10.1. The third kappa shape index (κ3) is 2.08. The molecule has 0 saturated carbocycles. The quantitative estimate of drug-likeness (QED) is 0.853. The molecule has 2 aromatic rings. The fourth-order valence-corrected chi connectivity index (χ4v) is 2.87. The Balaban J connectivity index is 2.33. The summed E-state index contributed by atoms with van der Waals surface area (Å²) >= 11 is 4.48. The van der Waals surface area contributed by atoms with Crippen LogP contribution >= 0.6 is 27.5 Å². The lowest BCUT2D eigenvalue weighted by Gasteiger charge is -1.97. The zero-order valence-electron chi connectivity index (χ0n) is 6.88. The Morgan fingerprint density at radius 3 is 2.57 bits per heavy atom. The Bertz CT molecular complexity index is 441. The second-order valence-corrected chi connectivity index (χ2v) is 5.87. The first-order valence-electron chi connectivity index (χ1n) is 3.72. The van der Waals surface area contributed by atoms with E-state index in [-0.39, 0.29) is 0 Å². The molecule has 2 rings (SSSR count). The van der Waals surface area contributed by atoms with E-state index in [2.05, 4.69) is 25.5 Å². The number of aromatic nitrogens is 2. The van der Waals surface area contributed by atoms with Gasteiger partial charge in [-0.2, -0.15) is 0 Å². The molecule has 0 N–H and O–H groups in total. The highest BCUT2D eigenvalue weighted by molar-refractivity contribution is 9.10. The standard InChI is InChI=1S/C8H5BrN2OS2/c9-6-1-3-7(4-2-6)14(12)8-5-10-11-13-8/h1-5H/t14-/m1/s1. The molecule has 0 saturated heterocycles. The van der Waals surface area contributed by atoms with Gasteiger partial charge >= 0.3 is 0 Å². The van der Waals surface area contributed by atoms with Crippen LogP contribution in [0.4, 0.5) is 0 Å². The molecule has 0 radical (unpaired) electrons. The number of nitrogens with zero attached hydrogens (tertiary/aromatic N) is 2. The van der Waals surface area contributed by atoms with Gasteiger partial charge in [0.25, 0.3) is 0 Å². The second-order valence-electron chi connectivity index (χ2n) is 2.46. The van der Waals surface area contributed by atoms with Crippen molar-refractivity contribution in [3.63, 3.8) is 0 Å². The van der Waals surface area contributed by atoms with E-state index < -0.39 is 10.8 Å². The van der Waals surface area contributed by atoms with Crippen molar-refractivity contribution >= 4 is 38.3 Å². The van der Waals surface area contributed by atoms with E-state index in [0.717, 1.165) is 20.9 Å². The minimum atomic E-state index is -1.15. The summed E-state index contributed by atoms with van der Waals surface area (Å²) in [7, 11) is -1.15. The van der Waals surface area contributed by atoms with Crippen molar-refractivity contribution in [2.24, 2.45) is 0 Å². The minimum absolute atomic E-state index is 0.673. The van der Waals surface area contributed by atoms with E-state index in [1.807, 2.05) is 24.3 Å². The molecule has 72 valence electrons. The van der Waals surface area contributed by atoms with Crippen LogP contribution in [0, 0.1) is 0 Å². The summed E-state index contributed by atoms with van der Waals surface area (Å²) < 4.78 is 17.2. The van der Waals surface area contributed by atoms with Crippen LogP contribution in [0.1, 0.15) is 0 Å². The molecular formula is C8H5BrN2OS2. The number of hydrogen-bond donors (Lipinski definition) is 0. The number of halogens is 1. The third-order valence-electron chi connectivity index (χ3n) is 1.55. The van der Waals surface area contributed by atoms with Crippen molar-refractivity contribution in [1.82, 2.24) is 9.59 Å². The first-order chi connectivity index (χ1) is 6.77. The van der Waals surface area contributed by atoms with Gasteiger partial charge in [0, 0.05) is 9.37 Å². The van der Waals surface area contributed by atoms with Crippen LogP contribution in [0.2, 0.25) is 0 Å². The third-order valence-corrected chi connectivity index (χ3v) is 4.39. The van der Waals surface area contributed by atoms with Gasteiger partial charge in [0.1, 0.15) is 4.21 Å². The van der Waals surface area contributed by atoms with Gasteiger partial charge in [-0.1, -0.05) is 20.4 Å². The first kappa shape index (κ1) is 9.95. The Morgan fingerprint density at radius 2 is 2.00 bits per heavy atom. The molecule has 3 nitrogen and oxygen atoms in total. The summed E-state index contributed by atoms with van der Waals surface area (Å²) in [5.74, 6) is 0. The molecule has 0 spiro atoms. The molecular weight excluding hydrogens is 284 g/mol. The van der Waals surface area contributed by atoms with Crippen LogP contribution in [-0.2, 0) is 10.8 Å². The fraction of sp³-hybridized carbons (Fsp3) is 0. The molecule has 0 amide bonds. The first-order valence-corrected chi connectivity index (χ1v) is 6.44. The van der Waals surface area contributed by atoms with Crippen LogP contribution in [0.3, 0.4) is 0 Å². The molecule has 0 bridgehead atoms. The van der Waals surface area contributed by atoms with Gasteiger partial charge in [0.15, 0.2) is 0 Å². The van der Waals surface area contributed by atoms with Gasteiger partial charge in [-0.15, -0.1) is 5.10 Å². The highest BCUT2D eigenvalue weighted by atomic mass is 79.9. The normalized spacial score (nSPS) is 12.6. The van der Waals surface area contributed by atoms with Crippen molar-refractivity contribution in [3.05, 3.63) is 34.9 Å². The van der Waals surface area contributed by atoms with Crippen LogP contribution in [0.5, 0.6) is 0 Å². The summed E-state index contributed by atoms with van der Waals surface area (Å²) in [4.78, 5) is 0.763. The molecule has 1 heterocycles. The van der Waals surface area contributed by atoms with Gasteiger partial charge < -0.3 is 0 Å². The smallest absolute Gasteiger partial charge is 0.137 e. The number of benzene rings is 1. The Hall–Kier alpha value is -0.590. The van der Waals surface area contributed by atoms with Gasteiger partial charge in [-0.05, 0) is 35.8 Å². The zero-order chi connectivity index (χ0) is 9.97. The summed E-state index contributed by atoms with van der Waals surface area (Å²) in [5, 5.41) is 3.65. The van der Waals surface area contributed by atoms with Crippen LogP contribution in [0.25, 0.3) is 0 Å². The molecule has 1 atom stereocenters. The summed E-state index contributed by atoms with van der Waals surface area (Å²) in [6.07, 6.45) is 1.53. The highest BCUT2D eigenvalue weighted by Gasteiger charge is 2.08. The van der Waals surface area contributed by atoms with E-state index in [1.165, 1.54) is 6.20 Å². The van der Waals surface area contributed by atoms with Gasteiger partial charge in [0.05, 0.1) is 17.0 Å². The van der Waals surface area contributed by atoms with E-state index in [1.54, 1.807) is 0 Å². The Labute approximate surface area is 95.9 Å². The average molecular weight is 289 g/mol. The average Bonchev–Trinajstić information content (AvgIpc) is 2.71. The lowest BCUT2D eigenvalue weighted by Crippen LogP contribution is -1.88. The Kier molecular flexibility index (Phi) is 3.05. The van der Waals surface area contributed by atoms with Crippen molar-refractivity contribution in [3.8, 4) is 0 Å². The number of rotatable bonds is 2. The van der Waals surface area contributed by atoms with Crippen LogP contribution in [0.15, 0.2) is 44.0 Å². The van der Waals surface area contributed by atoms with E-state index in [9.17, 15) is 4.21 Å². The predicted molar refractivity (Wildman–Crippen MR) is 58.7 cm³/mol. The van der Waals surface area contributed by atoms with Crippen molar-refractivity contribution in [1.29, 1.82) is 0 Å². The maximum absolute atomic E-state index is 11.8. The maximum Gasteiger partial charge on any atom is 0.137 e. The van der Waals surface area contributed by atoms with E-state index in [0.29, 0.717) is 4.21 Å². The maximum atomic E-state index is 11.8. The predicted octanol–water partition coefficient (Wildman–Crippen LogP) is 2.47. The van der Waals surface area contributed by atoms with E-state index >= 15 is 0 Å². The second kappa shape index (κ2) is 4.29. The highest BCUT2D eigenvalue weighted by Crippen LogP contribution is 2.19. The molecule has 1 aromatic carbocycles. The van der Waals surface area contributed by atoms with Crippen molar-refractivity contribution < 1.29 is 4.21 Å². The summed E-state index contributed by atoms with van der Waals surface area (Å²) in [5.41, 5.74) is 0. The molecule has 0 aliphatic heterocycles. The monoisotopic (exact) mass is 288 g/mol. The Morgan fingerprint density at radius 1 is 1.29 bits per heavy atom. The molecule has 0 aliphatic rings. The minimum Gasteiger partial charge on any atom is -0.248 e. The van der Waals surface area contributed by atoms with Gasteiger partial charge in [-0.25, -0.2) is 4.21 Å². The summed E-state index contributed by atoms with van der Waals surface area (Å²) in [6.45, 7) is 0. The molecule has 0 aliphatic carbocycles. The lowest BCUT2D eigenvalue weighted by atomic mass is 10.4. The van der Waals surface area contributed by atoms with Gasteiger partial charge in [0.2, 0.25) is 0 Å². The molecule has 1 aromatic heterocycles. The molecule has 0 fully saturated rings. The van der Waals surface area contributed by atoms with Gasteiger partial charge in [-0.3, -0.25) is 0 Å². The lowest BCUT2D eigenvalue weighted by molar-refractivity contribution is 0.684. The SMILES string of the molecule is O=[S@](c1ccc(Br)cc1)c1cnns1. The number of hydrogen-bond acceptors (Lipinski definition) is 4. The van der Waals surface area contributed by atoms with Crippen molar-refractivity contribution in [2.75, 3.05) is 0 Å². The molecule has 0 unspecified atom stereocenters. The molecule has 14 heavy (non-hydrogen) atoms. The fourth-order valence-electron chi connectivity index (χ4n) is 0.914. The summed E-state index contributed by atoms with van der Waals surface area (Å²) in [6, 6.07) is 7.36. The topological polar surface area (TPSA) is 42.9 Å². The molecule has 6 heteroatoms. The van der Waals surface area contributed by atoms with E-state index in [4.69, 9.17) is 0 Å². The van der Waals surface area contributed by atoms with Crippen LogP contribution < -0.4 is 0 Å².